The van der Waals surface area contributed by atoms with Crippen molar-refractivity contribution in [2.75, 3.05) is 27.2 Å². The molecule has 0 aliphatic rings. The van der Waals surface area contributed by atoms with Gasteiger partial charge in [-0.1, -0.05) is 30.9 Å². The smallest absolute Gasteiger partial charge is 0.280 e. The lowest BCUT2D eigenvalue weighted by Gasteiger charge is -2.12. The Morgan fingerprint density at radius 3 is 2.64 bits per heavy atom. The molecule has 0 spiro atoms. The molecule has 7 nitrogen and oxygen atoms in total. The maximum absolute atomic E-state index is 12.8. The average Bonchev–Trinajstić information content (AvgIpc) is 3.27. The number of allylic oxidation sites excluding steroid dienone is 3. The van der Waals surface area contributed by atoms with Gasteiger partial charge in [0.25, 0.3) is 11.8 Å². The molecule has 3 aromatic rings. The number of hydrogen-bond acceptors (Lipinski definition) is 6. The van der Waals surface area contributed by atoms with Gasteiger partial charge in [0.15, 0.2) is 11.6 Å². The van der Waals surface area contributed by atoms with Crippen LogP contribution in [-0.4, -0.2) is 53.9 Å². The van der Waals surface area contributed by atoms with Gasteiger partial charge in [-0.15, -0.1) is 11.3 Å². The summed E-state index contributed by atoms with van der Waals surface area (Å²) in [6.45, 7) is 5.82. The Hall–Kier alpha value is -3.78. The van der Waals surface area contributed by atoms with Gasteiger partial charge in [-0.2, -0.15) is 0 Å². The number of thiazole rings is 1. The zero-order valence-electron chi connectivity index (χ0n) is 18.9. The van der Waals surface area contributed by atoms with Gasteiger partial charge >= 0.3 is 0 Å². The number of hydrogen-bond donors (Lipinski definition) is 1. The summed E-state index contributed by atoms with van der Waals surface area (Å²) in [5, 5.41) is 3.22. The second-order valence-electron chi connectivity index (χ2n) is 7.29. The summed E-state index contributed by atoms with van der Waals surface area (Å²) in [5.74, 6) is 0.00771. The molecule has 1 aromatic carbocycles. The Morgan fingerprint density at radius 2 is 1.97 bits per heavy atom. The Morgan fingerprint density at radius 1 is 1.21 bits per heavy atom. The van der Waals surface area contributed by atoms with Crippen molar-refractivity contribution in [2.45, 2.75) is 6.92 Å². The van der Waals surface area contributed by atoms with E-state index in [-0.39, 0.29) is 18.4 Å². The largest absolute Gasteiger partial charge is 0.481 e. The summed E-state index contributed by atoms with van der Waals surface area (Å²) in [4.78, 5) is 34.9. The van der Waals surface area contributed by atoms with E-state index >= 15 is 0 Å². The fraction of sp³-hybridized carbons (Fsp3) is 0.200. The van der Waals surface area contributed by atoms with Crippen LogP contribution in [0.4, 0.5) is 0 Å². The Kier molecular flexibility index (Phi) is 8.10. The van der Waals surface area contributed by atoms with Gasteiger partial charge in [0.2, 0.25) is 0 Å². The first-order chi connectivity index (χ1) is 15.9. The lowest BCUT2D eigenvalue weighted by molar-refractivity contribution is -0.130. The van der Waals surface area contributed by atoms with Crippen LogP contribution in [0.1, 0.15) is 16.7 Å². The van der Waals surface area contributed by atoms with Gasteiger partial charge in [0, 0.05) is 33.0 Å². The van der Waals surface area contributed by atoms with Gasteiger partial charge in [-0.25, -0.2) is 4.98 Å². The molecule has 0 saturated carbocycles. The number of amides is 2. The van der Waals surface area contributed by atoms with Crippen molar-refractivity contribution in [1.29, 1.82) is 0 Å². The van der Waals surface area contributed by atoms with Crippen LogP contribution < -0.4 is 10.1 Å². The molecule has 0 radical (unpaired) electrons. The van der Waals surface area contributed by atoms with E-state index in [0.29, 0.717) is 22.8 Å². The van der Waals surface area contributed by atoms with Crippen molar-refractivity contribution in [3.05, 3.63) is 78.1 Å². The van der Waals surface area contributed by atoms with E-state index < -0.39 is 0 Å². The molecule has 2 heterocycles. The number of pyridine rings is 1. The van der Waals surface area contributed by atoms with Crippen molar-refractivity contribution in [3.63, 3.8) is 0 Å². The first kappa shape index (κ1) is 23.9. The molecule has 170 valence electrons. The summed E-state index contributed by atoms with van der Waals surface area (Å²) in [6.07, 6.45) is 10.7. The molecular formula is C25H26N4O3S. The molecule has 33 heavy (non-hydrogen) atoms. The predicted octanol–water partition coefficient (Wildman–Crippen LogP) is 4.24. The summed E-state index contributed by atoms with van der Waals surface area (Å²) >= 11 is 1.28. The van der Waals surface area contributed by atoms with Crippen molar-refractivity contribution in [1.82, 2.24) is 20.2 Å². The molecule has 0 unspecified atom stereocenters. The van der Waals surface area contributed by atoms with Gasteiger partial charge < -0.3 is 15.0 Å². The molecular weight excluding hydrogens is 436 g/mol. The number of carbonyl (C=O) groups is 2. The third kappa shape index (κ3) is 6.14. The van der Waals surface area contributed by atoms with E-state index in [1.54, 1.807) is 32.6 Å². The maximum atomic E-state index is 12.8. The number of likely N-dealkylation sites (N-methyl/N-ethyl adjacent to an activating group) is 1. The third-order valence-electron chi connectivity index (χ3n) is 4.79. The van der Waals surface area contributed by atoms with E-state index in [9.17, 15) is 9.59 Å². The quantitative estimate of drug-likeness (QED) is 0.481. The molecule has 2 aromatic heterocycles. The first-order valence-corrected chi connectivity index (χ1v) is 11.1. The summed E-state index contributed by atoms with van der Waals surface area (Å²) in [6, 6.07) is 7.57. The Bertz CT molecular complexity index is 1210. The molecule has 0 aliphatic carbocycles. The number of benzene rings is 1. The lowest BCUT2D eigenvalue weighted by atomic mass is 10.1. The van der Waals surface area contributed by atoms with Crippen LogP contribution >= 0.6 is 11.3 Å². The minimum Gasteiger partial charge on any atom is -0.481 e. The van der Waals surface area contributed by atoms with Gasteiger partial charge in [0.1, 0.15) is 11.3 Å². The molecule has 8 heteroatoms. The number of nitrogens with one attached hydrogen (secondary N) is 1. The third-order valence-corrected chi connectivity index (χ3v) is 5.79. The van der Waals surface area contributed by atoms with Crippen LogP contribution in [0.15, 0.2) is 73.1 Å². The number of carbonyl (C=O) groups excluding carboxylic acids is 2. The fourth-order valence-electron chi connectivity index (χ4n) is 2.89. The molecule has 0 saturated heterocycles. The Labute approximate surface area is 197 Å². The van der Waals surface area contributed by atoms with Crippen LogP contribution in [0.25, 0.3) is 21.3 Å². The zero-order chi connectivity index (χ0) is 23.8. The van der Waals surface area contributed by atoms with Gasteiger partial charge in [-0.3, -0.25) is 14.6 Å². The molecule has 0 atom stereocenters. The van der Waals surface area contributed by atoms with Crippen molar-refractivity contribution < 1.29 is 14.3 Å². The zero-order valence-corrected chi connectivity index (χ0v) is 19.7. The SMILES string of the molecule is C=CC=CC(=CC)CNC(=O)c1nc2c(OCC(=O)N(C)C)cc(-c3ccncc3)cc2s1. The van der Waals surface area contributed by atoms with Gasteiger partial charge in [0.05, 0.1) is 4.70 Å². The second-order valence-corrected chi connectivity index (χ2v) is 8.32. The lowest BCUT2D eigenvalue weighted by Crippen LogP contribution is -2.27. The highest BCUT2D eigenvalue weighted by Crippen LogP contribution is 2.35. The standard InChI is InChI=1S/C25H26N4O3S/c1-5-7-8-17(6-2)15-27-24(31)25-28-23-20(32-16-22(30)29(3)4)13-19(14-21(23)33-25)18-9-11-26-12-10-18/h5-14H,1,15-16H2,2-4H3,(H,27,31). The van der Waals surface area contributed by atoms with E-state index in [1.165, 1.54) is 16.2 Å². The van der Waals surface area contributed by atoms with Crippen molar-refractivity contribution in [2.24, 2.45) is 0 Å². The summed E-state index contributed by atoms with van der Waals surface area (Å²) < 4.78 is 6.63. The molecule has 1 N–H and O–H groups in total. The maximum Gasteiger partial charge on any atom is 0.280 e. The molecule has 0 fully saturated rings. The minimum absolute atomic E-state index is 0.124. The van der Waals surface area contributed by atoms with Crippen molar-refractivity contribution in [3.8, 4) is 16.9 Å². The summed E-state index contributed by atoms with van der Waals surface area (Å²) in [7, 11) is 3.34. The van der Waals surface area contributed by atoms with Crippen LogP contribution in [0.2, 0.25) is 0 Å². The van der Waals surface area contributed by atoms with Crippen molar-refractivity contribution >= 4 is 33.4 Å². The van der Waals surface area contributed by atoms with Crippen LogP contribution in [0, 0.1) is 0 Å². The van der Waals surface area contributed by atoms with Crippen LogP contribution in [-0.2, 0) is 4.79 Å². The molecule has 3 rings (SSSR count). The second kappa shape index (κ2) is 11.2. The normalized spacial score (nSPS) is 11.5. The molecule has 0 bridgehead atoms. The highest BCUT2D eigenvalue weighted by Gasteiger charge is 2.18. The van der Waals surface area contributed by atoms with E-state index in [2.05, 4.69) is 21.9 Å². The van der Waals surface area contributed by atoms with Gasteiger partial charge in [-0.05, 0) is 47.9 Å². The number of rotatable bonds is 9. The Balaban J connectivity index is 1.92. The summed E-state index contributed by atoms with van der Waals surface area (Å²) in [5.41, 5.74) is 3.34. The predicted molar refractivity (Wildman–Crippen MR) is 132 cm³/mol. The topological polar surface area (TPSA) is 84.4 Å². The van der Waals surface area contributed by atoms with E-state index in [4.69, 9.17) is 4.74 Å². The monoisotopic (exact) mass is 462 g/mol. The van der Waals surface area contributed by atoms with Crippen LogP contribution in [0.5, 0.6) is 5.75 Å². The van der Waals surface area contributed by atoms with E-state index in [1.807, 2.05) is 49.4 Å². The molecule has 2 amide bonds. The number of nitrogens with zero attached hydrogens (tertiary/aromatic N) is 3. The first-order valence-electron chi connectivity index (χ1n) is 10.3. The average molecular weight is 463 g/mol. The number of ether oxygens (including phenoxy) is 1. The fourth-order valence-corrected chi connectivity index (χ4v) is 3.83. The van der Waals surface area contributed by atoms with Crippen LogP contribution in [0.3, 0.4) is 0 Å². The number of aromatic nitrogens is 2. The highest BCUT2D eigenvalue weighted by atomic mass is 32.1. The highest BCUT2D eigenvalue weighted by molar-refractivity contribution is 7.20. The number of fused-ring (bicyclic) bond motifs is 1. The van der Waals surface area contributed by atoms with E-state index in [0.717, 1.165) is 21.4 Å². The molecule has 0 aliphatic heterocycles. The minimum atomic E-state index is -0.275.